The van der Waals surface area contributed by atoms with Crippen molar-refractivity contribution in [3.05, 3.63) is 70.7 Å². The van der Waals surface area contributed by atoms with Crippen molar-refractivity contribution in [1.82, 2.24) is 9.59 Å². The average molecular weight is 363 g/mol. The first-order valence-corrected chi connectivity index (χ1v) is 8.64. The number of ether oxygens (including phenoxy) is 1. The maximum absolute atomic E-state index is 13.2. The summed E-state index contributed by atoms with van der Waals surface area (Å²) >= 11 is 1.20. The molecule has 26 heavy (non-hydrogen) atoms. The SMILES string of the molecule is COc1ccccc1N1C(=O)C(=Cc2csnn2)c2ccccc2C1=O. The Balaban J connectivity index is 1.93. The van der Waals surface area contributed by atoms with Gasteiger partial charge in [0.25, 0.3) is 11.8 Å². The summed E-state index contributed by atoms with van der Waals surface area (Å²) in [6.45, 7) is 0. The number of fused-ring (bicyclic) bond motifs is 1. The summed E-state index contributed by atoms with van der Waals surface area (Å²) in [4.78, 5) is 27.4. The normalized spacial score (nSPS) is 15.3. The smallest absolute Gasteiger partial charge is 0.266 e. The third kappa shape index (κ3) is 2.58. The van der Waals surface area contributed by atoms with Crippen LogP contribution in [0.25, 0.3) is 11.6 Å². The predicted octanol–water partition coefficient (Wildman–Crippen LogP) is 3.27. The molecule has 2 amide bonds. The Bertz CT molecular complexity index is 1030. The molecule has 0 atom stereocenters. The molecule has 0 bridgehead atoms. The minimum Gasteiger partial charge on any atom is -0.495 e. The zero-order chi connectivity index (χ0) is 18.1. The molecule has 128 valence electrons. The number of amides is 2. The average Bonchev–Trinajstić information content (AvgIpc) is 3.19. The predicted molar refractivity (Wildman–Crippen MR) is 99.0 cm³/mol. The first-order chi connectivity index (χ1) is 12.7. The Morgan fingerprint density at radius 3 is 2.46 bits per heavy atom. The van der Waals surface area contributed by atoms with Gasteiger partial charge in [0.05, 0.1) is 24.1 Å². The molecule has 4 rings (SSSR count). The van der Waals surface area contributed by atoms with Crippen molar-refractivity contribution in [1.29, 1.82) is 0 Å². The molecule has 7 heteroatoms. The number of anilines is 1. The number of carbonyl (C=O) groups is 2. The molecule has 2 aromatic carbocycles. The van der Waals surface area contributed by atoms with Gasteiger partial charge in [0.1, 0.15) is 5.75 Å². The van der Waals surface area contributed by atoms with Gasteiger partial charge in [0.15, 0.2) is 0 Å². The van der Waals surface area contributed by atoms with E-state index in [0.717, 1.165) is 4.90 Å². The first-order valence-electron chi connectivity index (χ1n) is 7.80. The van der Waals surface area contributed by atoms with Crippen molar-refractivity contribution in [2.24, 2.45) is 0 Å². The van der Waals surface area contributed by atoms with Crippen LogP contribution in [0.5, 0.6) is 5.75 Å². The lowest BCUT2D eigenvalue weighted by molar-refractivity contribution is -0.112. The van der Waals surface area contributed by atoms with Crippen LogP contribution in [0.1, 0.15) is 21.6 Å². The highest BCUT2D eigenvalue weighted by Crippen LogP contribution is 2.37. The maximum Gasteiger partial charge on any atom is 0.266 e. The van der Waals surface area contributed by atoms with E-state index >= 15 is 0 Å². The van der Waals surface area contributed by atoms with Crippen molar-refractivity contribution in [3.63, 3.8) is 0 Å². The van der Waals surface area contributed by atoms with Gasteiger partial charge in [0, 0.05) is 16.5 Å². The molecule has 1 aliphatic rings. The van der Waals surface area contributed by atoms with E-state index in [0.29, 0.717) is 33.8 Å². The van der Waals surface area contributed by atoms with Crippen LogP contribution in [-0.4, -0.2) is 28.5 Å². The second-order valence-corrected chi connectivity index (χ2v) is 6.16. The number of nitrogens with zero attached hydrogens (tertiary/aromatic N) is 3. The number of benzene rings is 2. The van der Waals surface area contributed by atoms with Crippen molar-refractivity contribution in [2.75, 3.05) is 12.0 Å². The Kier molecular flexibility index (Phi) is 4.06. The zero-order valence-electron chi connectivity index (χ0n) is 13.7. The van der Waals surface area contributed by atoms with Gasteiger partial charge in [-0.15, -0.1) is 5.10 Å². The van der Waals surface area contributed by atoms with Crippen LogP contribution in [0.4, 0.5) is 5.69 Å². The summed E-state index contributed by atoms with van der Waals surface area (Å²) in [5, 5.41) is 5.72. The molecule has 1 aromatic heterocycles. The number of rotatable bonds is 3. The Hall–Kier alpha value is -3.32. The van der Waals surface area contributed by atoms with Crippen molar-refractivity contribution in [2.45, 2.75) is 0 Å². The van der Waals surface area contributed by atoms with Crippen LogP contribution in [0.15, 0.2) is 53.9 Å². The fourth-order valence-electron chi connectivity index (χ4n) is 2.91. The number of hydrogen-bond acceptors (Lipinski definition) is 6. The second kappa shape index (κ2) is 6.53. The topological polar surface area (TPSA) is 72.4 Å². The van der Waals surface area contributed by atoms with Gasteiger partial charge in [-0.1, -0.05) is 34.8 Å². The van der Waals surface area contributed by atoms with E-state index in [9.17, 15) is 9.59 Å². The number of para-hydroxylation sites is 2. The van der Waals surface area contributed by atoms with E-state index < -0.39 is 5.91 Å². The van der Waals surface area contributed by atoms with Crippen LogP contribution in [0, 0.1) is 0 Å². The number of methoxy groups -OCH3 is 1. The molecule has 0 radical (unpaired) electrons. The van der Waals surface area contributed by atoms with Crippen LogP contribution < -0.4 is 9.64 Å². The van der Waals surface area contributed by atoms with Crippen molar-refractivity contribution < 1.29 is 14.3 Å². The molecular formula is C19H13N3O3S. The highest BCUT2D eigenvalue weighted by atomic mass is 32.1. The lowest BCUT2D eigenvalue weighted by Crippen LogP contribution is -2.42. The van der Waals surface area contributed by atoms with E-state index in [2.05, 4.69) is 9.59 Å². The summed E-state index contributed by atoms with van der Waals surface area (Å²) in [6, 6.07) is 14.0. The van der Waals surface area contributed by atoms with Crippen molar-refractivity contribution in [3.8, 4) is 5.75 Å². The van der Waals surface area contributed by atoms with Gasteiger partial charge in [-0.3, -0.25) is 9.59 Å². The summed E-state index contributed by atoms with van der Waals surface area (Å²) < 4.78 is 9.16. The molecule has 2 heterocycles. The molecule has 0 aliphatic carbocycles. The molecule has 0 spiro atoms. The van der Waals surface area contributed by atoms with E-state index in [4.69, 9.17) is 4.74 Å². The van der Waals surface area contributed by atoms with Gasteiger partial charge in [0.2, 0.25) is 0 Å². The Labute approximate surface area is 153 Å². The number of hydrogen-bond donors (Lipinski definition) is 0. The molecule has 0 fully saturated rings. The molecule has 0 N–H and O–H groups in total. The van der Waals surface area contributed by atoms with E-state index in [1.165, 1.54) is 18.6 Å². The molecule has 6 nitrogen and oxygen atoms in total. The van der Waals surface area contributed by atoms with Crippen LogP contribution in [0.2, 0.25) is 0 Å². The molecule has 0 unspecified atom stereocenters. The quantitative estimate of drug-likeness (QED) is 0.527. The van der Waals surface area contributed by atoms with Crippen LogP contribution in [0.3, 0.4) is 0 Å². The summed E-state index contributed by atoms with van der Waals surface area (Å²) in [6.07, 6.45) is 1.65. The molecule has 0 saturated heterocycles. The largest absolute Gasteiger partial charge is 0.495 e. The highest BCUT2D eigenvalue weighted by molar-refractivity contribution is 7.03. The fourth-order valence-corrected chi connectivity index (χ4v) is 3.32. The summed E-state index contributed by atoms with van der Waals surface area (Å²) in [7, 11) is 1.50. The van der Waals surface area contributed by atoms with Gasteiger partial charge in [-0.25, -0.2) is 4.90 Å². The lowest BCUT2D eigenvalue weighted by Gasteiger charge is -2.29. The Morgan fingerprint density at radius 2 is 1.73 bits per heavy atom. The highest BCUT2D eigenvalue weighted by Gasteiger charge is 2.37. The van der Waals surface area contributed by atoms with Gasteiger partial charge >= 0.3 is 0 Å². The first kappa shape index (κ1) is 16.2. The fraction of sp³-hybridized carbons (Fsp3) is 0.0526. The van der Waals surface area contributed by atoms with Gasteiger partial charge in [-0.2, -0.15) is 0 Å². The summed E-state index contributed by atoms with van der Waals surface area (Å²) in [5.74, 6) is -0.363. The van der Waals surface area contributed by atoms with Crippen LogP contribution in [-0.2, 0) is 4.79 Å². The maximum atomic E-state index is 13.2. The standard InChI is InChI=1S/C19H13N3O3S/c1-25-17-9-5-4-8-16(17)22-18(23)14-7-3-2-6-13(14)15(19(22)24)10-12-11-26-21-20-12/h2-11H,1H3. The zero-order valence-corrected chi connectivity index (χ0v) is 14.6. The molecule has 0 saturated carbocycles. The van der Waals surface area contributed by atoms with E-state index in [1.54, 1.807) is 60.0 Å². The minimum absolute atomic E-state index is 0.386. The number of imide groups is 1. The molecule has 1 aliphatic heterocycles. The van der Waals surface area contributed by atoms with E-state index in [-0.39, 0.29) is 5.91 Å². The lowest BCUT2D eigenvalue weighted by atomic mass is 9.92. The van der Waals surface area contributed by atoms with Gasteiger partial charge in [-0.05, 0) is 35.8 Å². The number of carbonyl (C=O) groups excluding carboxylic acids is 2. The Morgan fingerprint density at radius 1 is 1.00 bits per heavy atom. The molecular weight excluding hydrogens is 350 g/mol. The number of aromatic nitrogens is 2. The summed E-state index contributed by atoms with van der Waals surface area (Å²) in [5.41, 5.74) is 2.40. The second-order valence-electron chi connectivity index (χ2n) is 5.55. The third-order valence-corrected chi connectivity index (χ3v) is 4.60. The van der Waals surface area contributed by atoms with Gasteiger partial charge < -0.3 is 4.74 Å². The monoisotopic (exact) mass is 363 g/mol. The van der Waals surface area contributed by atoms with Crippen molar-refractivity contribution >= 4 is 40.7 Å². The minimum atomic E-state index is -0.425. The van der Waals surface area contributed by atoms with Crippen LogP contribution >= 0.6 is 11.5 Å². The third-order valence-electron chi connectivity index (χ3n) is 4.08. The molecule has 3 aromatic rings. The van der Waals surface area contributed by atoms with E-state index in [1.807, 2.05) is 0 Å².